The first-order chi connectivity index (χ1) is 7.33. The molecule has 0 saturated carbocycles. The number of benzene rings is 2. The summed E-state index contributed by atoms with van der Waals surface area (Å²) in [7, 11) is 0. The van der Waals surface area contributed by atoms with Crippen LogP contribution in [0.3, 0.4) is 0 Å². The SMILES string of the molecule is C=Nc1cccc(-c2ccccc2)c1Cl. The molecule has 0 atom stereocenters. The Morgan fingerprint density at radius 1 is 0.933 bits per heavy atom. The number of rotatable bonds is 2. The highest BCUT2D eigenvalue weighted by atomic mass is 35.5. The monoisotopic (exact) mass is 215 g/mol. The zero-order valence-corrected chi connectivity index (χ0v) is 8.91. The van der Waals surface area contributed by atoms with Crippen LogP contribution in [0.4, 0.5) is 5.69 Å². The first kappa shape index (κ1) is 9.94. The molecule has 0 radical (unpaired) electrons. The van der Waals surface area contributed by atoms with Gasteiger partial charge in [-0.3, -0.25) is 4.99 Å². The molecule has 74 valence electrons. The second kappa shape index (κ2) is 4.28. The molecule has 15 heavy (non-hydrogen) atoms. The van der Waals surface area contributed by atoms with Crippen LogP contribution in [0.2, 0.25) is 5.02 Å². The summed E-state index contributed by atoms with van der Waals surface area (Å²) in [5.74, 6) is 0. The summed E-state index contributed by atoms with van der Waals surface area (Å²) < 4.78 is 0. The molecule has 0 bridgehead atoms. The van der Waals surface area contributed by atoms with Crippen LogP contribution in [0, 0.1) is 0 Å². The summed E-state index contributed by atoms with van der Waals surface area (Å²) in [6.07, 6.45) is 0. The number of halogens is 1. The lowest BCUT2D eigenvalue weighted by molar-refractivity contribution is 1.53. The molecule has 0 aliphatic carbocycles. The Hall–Kier alpha value is -1.60. The van der Waals surface area contributed by atoms with Gasteiger partial charge in [-0.2, -0.15) is 0 Å². The van der Waals surface area contributed by atoms with Gasteiger partial charge >= 0.3 is 0 Å². The predicted molar refractivity (Wildman–Crippen MR) is 66.1 cm³/mol. The van der Waals surface area contributed by atoms with Crippen LogP contribution in [-0.2, 0) is 0 Å². The Bertz CT molecular complexity index is 477. The summed E-state index contributed by atoms with van der Waals surface area (Å²) in [6.45, 7) is 3.49. The maximum absolute atomic E-state index is 6.21. The molecule has 0 N–H and O–H groups in total. The molecule has 2 heteroatoms. The maximum atomic E-state index is 6.21. The molecule has 0 spiro atoms. The van der Waals surface area contributed by atoms with Crippen LogP contribution >= 0.6 is 11.6 Å². The van der Waals surface area contributed by atoms with E-state index in [2.05, 4.69) is 11.7 Å². The lowest BCUT2D eigenvalue weighted by Gasteiger charge is -2.05. The van der Waals surface area contributed by atoms with Crippen molar-refractivity contribution in [1.82, 2.24) is 0 Å². The Morgan fingerprint density at radius 3 is 2.33 bits per heavy atom. The van der Waals surface area contributed by atoms with E-state index >= 15 is 0 Å². The van der Waals surface area contributed by atoms with Gasteiger partial charge in [0.05, 0.1) is 10.7 Å². The van der Waals surface area contributed by atoms with E-state index in [1.807, 2.05) is 48.5 Å². The van der Waals surface area contributed by atoms with Crippen molar-refractivity contribution in [3.05, 3.63) is 53.6 Å². The molecule has 0 aromatic heterocycles. The Labute approximate surface area is 94.1 Å². The largest absolute Gasteiger partial charge is 0.263 e. The third kappa shape index (κ3) is 1.92. The fourth-order valence-corrected chi connectivity index (χ4v) is 1.78. The summed E-state index contributed by atoms with van der Waals surface area (Å²) in [6, 6.07) is 15.8. The van der Waals surface area contributed by atoms with Gasteiger partial charge in [0, 0.05) is 5.56 Å². The molecular formula is C13H10ClN. The topological polar surface area (TPSA) is 12.4 Å². The average molecular weight is 216 g/mol. The van der Waals surface area contributed by atoms with Gasteiger partial charge in [-0.1, -0.05) is 54.1 Å². The summed E-state index contributed by atoms with van der Waals surface area (Å²) in [4.78, 5) is 3.87. The van der Waals surface area contributed by atoms with E-state index in [1.165, 1.54) is 0 Å². The molecule has 0 fully saturated rings. The Balaban J connectivity index is 2.59. The summed E-state index contributed by atoms with van der Waals surface area (Å²) in [5.41, 5.74) is 2.80. The van der Waals surface area contributed by atoms with E-state index in [-0.39, 0.29) is 0 Å². The molecule has 1 nitrogen and oxygen atoms in total. The molecule has 2 aromatic carbocycles. The van der Waals surface area contributed by atoms with Gasteiger partial charge in [-0.15, -0.1) is 0 Å². The number of aliphatic imine (C=N–C) groups is 1. The Kier molecular flexibility index (Phi) is 2.84. The van der Waals surface area contributed by atoms with Gasteiger partial charge in [0.25, 0.3) is 0 Å². The molecule has 0 aliphatic heterocycles. The minimum atomic E-state index is 0.652. The van der Waals surface area contributed by atoms with Gasteiger partial charge < -0.3 is 0 Å². The fourth-order valence-electron chi connectivity index (χ4n) is 1.48. The molecule has 0 unspecified atom stereocenters. The van der Waals surface area contributed by atoms with Crippen molar-refractivity contribution in [3.63, 3.8) is 0 Å². The maximum Gasteiger partial charge on any atom is 0.0814 e. The fraction of sp³-hybridized carbons (Fsp3) is 0. The van der Waals surface area contributed by atoms with Gasteiger partial charge in [0.15, 0.2) is 0 Å². The van der Waals surface area contributed by atoms with Gasteiger partial charge in [-0.05, 0) is 18.3 Å². The normalized spacial score (nSPS) is 9.93. The zero-order valence-electron chi connectivity index (χ0n) is 8.15. The molecule has 0 amide bonds. The van der Waals surface area contributed by atoms with E-state index in [9.17, 15) is 0 Å². The highest BCUT2D eigenvalue weighted by Gasteiger charge is 2.05. The highest BCUT2D eigenvalue weighted by Crippen LogP contribution is 2.34. The van der Waals surface area contributed by atoms with Gasteiger partial charge in [0.1, 0.15) is 0 Å². The van der Waals surface area contributed by atoms with Crippen molar-refractivity contribution >= 4 is 24.0 Å². The van der Waals surface area contributed by atoms with Crippen molar-refractivity contribution in [2.24, 2.45) is 4.99 Å². The number of hydrogen-bond donors (Lipinski definition) is 0. The molecule has 0 aliphatic rings. The number of hydrogen-bond acceptors (Lipinski definition) is 1. The van der Waals surface area contributed by atoms with Crippen LogP contribution in [0.1, 0.15) is 0 Å². The van der Waals surface area contributed by atoms with Gasteiger partial charge in [-0.25, -0.2) is 0 Å². The van der Waals surface area contributed by atoms with E-state index in [0.29, 0.717) is 5.02 Å². The van der Waals surface area contributed by atoms with E-state index < -0.39 is 0 Å². The molecule has 0 heterocycles. The average Bonchev–Trinajstić information content (AvgIpc) is 2.30. The summed E-state index contributed by atoms with van der Waals surface area (Å²) in [5, 5.41) is 0.652. The second-order valence-electron chi connectivity index (χ2n) is 3.16. The highest BCUT2D eigenvalue weighted by molar-refractivity contribution is 6.35. The first-order valence-electron chi connectivity index (χ1n) is 4.63. The van der Waals surface area contributed by atoms with Crippen molar-refractivity contribution in [2.45, 2.75) is 0 Å². The second-order valence-corrected chi connectivity index (χ2v) is 3.54. The van der Waals surface area contributed by atoms with Crippen LogP contribution in [0.5, 0.6) is 0 Å². The minimum Gasteiger partial charge on any atom is -0.263 e. The smallest absolute Gasteiger partial charge is 0.0814 e. The molecule has 2 aromatic rings. The minimum absolute atomic E-state index is 0.652. The van der Waals surface area contributed by atoms with Crippen LogP contribution in [0.15, 0.2) is 53.5 Å². The van der Waals surface area contributed by atoms with Crippen molar-refractivity contribution in [1.29, 1.82) is 0 Å². The van der Waals surface area contributed by atoms with E-state index in [0.717, 1.165) is 16.8 Å². The van der Waals surface area contributed by atoms with Crippen LogP contribution in [0.25, 0.3) is 11.1 Å². The quantitative estimate of drug-likeness (QED) is 0.661. The zero-order chi connectivity index (χ0) is 10.7. The van der Waals surface area contributed by atoms with Crippen LogP contribution in [-0.4, -0.2) is 6.72 Å². The predicted octanol–water partition coefficient (Wildman–Crippen LogP) is 4.34. The van der Waals surface area contributed by atoms with Crippen molar-refractivity contribution in [2.75, 3.05) is 0 Å². The number of nitrogens with zero attached hydrogens (tertiary/aromatic N) is 1. The first-order valence-corrected chi connectivity index (χ1v) is 5.01. The lowest BCUT2D eigenvalue weighted by Crippen LogP contribution is -1.79. The molecular weight excluding hydrogens is 206 g/mol. The van der Waals surface area contributed by atoms with Crippen LogP contribution < -0.4 is 0 Å². The van der Waals surface area contributed by atoms with Crippen molar-refractivity contribution < 1.29 is 0 Å². The summed E-state index contributed by atoms with van der Waals surface area (Å²) >= 11 is 6.21. The van der Waals surface area contributed by atoms with Crippen molar-refractivity contribution in [3.8, 4) is 11.1 Å². The molecule has 0 saturated heterocycles. The van der Waals surface area contributed by atoms with Gasteiger partial charge in [0.2, 0.25) is 0 Å². The third-order valence-corrected chi connectivity index (χ3v) is 2.63. The van der Waals surface area contributed by atoms with E-state index in [1.54, 1.807) is 0 Å². The Morgan fingerprint density at radius 2 is 1.67 bits per heavy atom. The van der Waals surface area contributed by atoms with E-state index in [4.69, 9.17) is 11.6 Å². The molecule has 2 rings (SSSR count). The lowest BCUT2D eigenvalue weighted by atomic mass is 10.1. The standard InChI is InChI=1S/C13H10ClN/c1-15-12-9-5-8-11(13(12)14)10-6-3-2-4-7-10/h2-9H,1H2. The third-order valence-electron chi connectivity index (χ3n) is 2.23.